The zero-order chi connectivity index (χ0) is 23.5. The van der Waals surface area contributed by atoms with Gasteiger partial charge in [0.05, 0.1) is 19.3 Å². The zero-order valence-electron chi connectivity index (χ0n) is 22.5. The normalized spacial score (nSPS) is 20.7. The van der Waals surface area contributed by atoms with Gasteiger partial charge < -0.3 is 14.4 Å². The molecule has 0 aliphatic carbocycles. The van der Waals surface area contributed by atoms with Crippen LogP contribution in [-0.2, 0) is 9.47 Å². The third kappa shape index (κ3) is 10.1. The van der Waals surface area contributed by atoms with Crippen LogP contribution in [0.5, 0.6) is 0 Å². The predicted octanol–water partition coefficient (Wildman–Crippen LogP) is 4.61. The number of piperidine rings is 1. The highest BCUT2D eigenvalue weighted by Crippen LogP contribution is 2.42. The van der Waals surface area contributed by atoms with Crippen LogP contribution in [0, 0.1) is 11.3 Å². The number of hydrogen-bond donors (Lipinski definition) is 0. The Hall–Kier alpha value is -0.200. The Morgan fingerprint density at radius 3 is 1.84 bits per heavy atom. The van der Waals surface area contributed by atoms with Crippen molar-refractivity contribution in [1.29, 1.82) is 0 Å². The molecule has 0 N–H and O–H groups in total. The summed E-state index contributed by atoms with van der Waals surface area (Å²) in [7, 11) is 1.80. The number of methoxy groups -OCH3 is 1. The highest BCUT2D eigenvalue weighted by Gasteiger charge is 2.40. The van der Waals surface area contributed by atoms with Crippen LogP contribution in [0.15, 0.2) is 0 Å². The minimum Gasteiger partial charge on any atom is -0.383 e. The van der Waals surface area contributed by atoms with Gasteiger partial charge in [0.1, 0.15) is 0 Å². The fourth-order valence-electron chi connectivity index (χ4n) is 5.52. The van der Waals surface area contributed by atoms with Crippen molar-refractivity contribution in [3.05, 3.63) is 0 Å². The van der Waals surface area contributed by atoms with Crippen LogP contribution in [0.4, 0.5) is 0 Å². The van der Waals surface area contributed by atoms with Gasteiger partial charge in [-0.1, -0.05) is 27.7 Å². The Balaban J connectivity index is 0.00000233. The highest BCUT2D eigenvalue weighted by atomic mass is 16.5. The molecule has 0 saturated carbocycles. The van der Waals surface area contributed by atoms with Gasteiger partial charge in [-0.05, 0) is 71.4 Å². The third-order valence-corrected chi connectivity index (χ3v) is 7.28. The first-order valence-electron chi connectivity index (χ1n) is 12.9. The number of piperazine rings is 1. The Kier molecular flexibility index (Phi) is 13.2. The topological polar surface area (TPSA) is 28.2 Å². The molecular weight excluding hydrogens is 386 g/mol. The van der Waals surface area contributed by atoms with Crippen molar-refractivity contribution in [2.75, 3.05) is 72.7 Å². The van der Waals surface area contributed by atoms with Gasteiger partial charge in [-0.15, -0.1) is 0 Å². The molecule has 0 bridgehead atoms. The summed E-state index contributed by atoms with van der Waals surface area (Å²) in [6.45, 7) is 29.3. The Morgan fingerprint density at radius 2 is 1.32 bits per heavy atom. The van der Waals surface area contributed by atoms with Crippen LogP contribution in [0.1, 0.15) is 74.7 Å². The summed E-state index contributed by atoms with van der Waals surface area (Å²) in [6.07, 6.45) is 4.28. The average Bonchev–Trinajstić information content (AvgIpc) is 2.73. The minimum absolute atomic E-state index is 0.263. The fraction of sp³-hybridized carbons (Fsp3) is 1.00. The summed E-state index contributed by atoms with van der Waals surface area (Å²) in [5, 5.41) is 0. The molecule has 2 aliphatic heterocycles. The van der Waals surface area contributed by atoms with Gasteiger partial charge in [-0.2, -0.15) is 0 Å². The van der Waals surface area contributed by atoms with E-state index >= 15 is 0 Å². The molecule has 31 heavy (non-hydrogen) atoms. The first-order valence-corrected chi connectivity index (χ1v) is 12.9. The maximum Gasteiger partial charge on any atom is 0.0596 e. The van der Waals surface area contributed by atoms with E-state index in [0.29, 0.717) is 11.5 Å². The van der Waals surface area contributed by atoms with Crippen molar-refractivity contribution in [2.45, 2.75) is 86.3 Å². The van der Waals surface area contributed by atoms with Crippen LogP contribution in [-0.4, -0.2) is 99.0 Å². The van der Waals surface area contributed by atoms with Crippen LogP contribution in [0.25, 0.3) is 0 Å². The molecule has 2 fully saturated rings. The summed E-state index contributed by atoms with van der Waals surface area (Å²) in [4.78, 5) is 7.87. The van der Waals surface area contributed by atoms with Crippen molar-refractivity contribution in [2.24, 2.45) is 11.3 Å². The van der Waals surface area contributed by atoms with E-state index in [-0.39, 0.29) is 5.54 Å². The number of nitrogens with zero attached hydrogens (tertiary/aromatic N) is 3. The molecule has 0 amide bonds. The van der Waals surface area contributed by atoms with Crippen molar-refractivity contribution in [3.8, 4) is 0 Å². The molecule has 0 spiro atoms. The molecule has 0 aromatic rings. The summed E-state index contributed by atoms with van der Waals surface area (Å²) >= 11 is 0. The quantitative estimate of drug-likeness (QED) is 0.467. The van der Waals surface area contributed by atoms with Crippen molar-refractivity contribution < 1.29 is 9.47 Å². The Morgan fingerprint density at radius 1 is 0.806 bits per heavy atom. The van der Waals surface area contributed by atoms with E-state index in [9.17, 15) is 0 Å². The van der Waals surface area contributed by atoms with E-state index in [1.165, 1.54) is 58.5 Å². The summed E-state index contributed by atoms with van der Waals surface area (Å²) < 4.78 is 11.0. The Bertz CT molecular complexity index is 452. The lowest BCUT2D eigenvalue weighted by Crippen LogP contribution is -2.56. The fourth-order valence-corrected chi connectivity index (χ4v) is 5.52. The number of ether oxygens (including phenoxy) is 2. The Labute approximate surface area is 194 Å². The summed E-state index contributed by atoms with van der Waals surface area (Å²) in [5.74, 6) is 0.826. The van der Waals surface area contributed by atoms with E-state index < -0.39 is 0 Å². The molecule has 2 saturated heterocycles. The van der Waals surface area contributed by atoms with Crippen molar-refractivity contribution in [1.82, 2.24) is 14.7 Å². The van der Waals surface area contributed by atoms with Gasteiger partial charge in [-0.25, -0.2) is 0 Å². The molecular formula is C26H55N3O2. The first kappa shape index (κ1) is 28.8. The second kappa shape index (κ2) is 14.1. The molecule has 2 rings (SSSR count). The molecule has 2 aliphatic rings. The van der Waals surface area contributed by atoms with Gasteiger partial charge in [0.15, 0.2) is 0 Å². The van der Waals surface area contributed by atoms with Crippen LogP contribution in [0.3, 0.4) is 0 Å². The second-order valence-corrected chi connectivity index (χ2v) is 10.8. The molecule has 0 radical (unpaired) electrons. The first-order chi connectivity index (χ1) is 14.6. The molecule has 2 heterocycles. The smallest absolute Gasteiger partial charge is 0.0596 e. The standard InChI is InChI=1S/C24H49N3O2.C2H6/c1-21(2)29-19-17-25-10-8-22(9-11-25)23(3,4)20-24(5,6)27-14-12-26(13-15-27)16-18-28-7;1-2/h21-22H,8-20H2,1-7H3;1-2H3. The van der Waals surface area contributed by atoms with Gasteiger partial charge >= 0.3 is 0 Å². The van der Waals surface area contributed by atoms with Crippen LogP contribution in [0.2, 0.25) is 0 Å². The monoisotopic (exact) mass is 441 g/mol. The largest absolute Gasteiger partial charge is 0.383 e. The molecule has 0 atom stereocenters. The molecule has 0 aromatic heterocycles. The lowest BCUT2D eigenvalue weighted by atomic mass is 9.67. The zero-order valence-corrected chi connectivity index (χ0v) is 22.5. The van der Waals surface area contributed by atoms with Gasteiger partial charge in [0.2, 0.25) is 0 Å². The van der Waals surface area contributed by atoms with E-state index in [2.05, 4.69) is 56.2 Å². The molecule has 0 unspecified atom stereocenters. The van der Waals surface area contributed by atoms with Crippen molar-refractivity contribution >= 4 is 0 Å². The van der Waals surface area contributed by atoms with Crippen LogP contribution < -0.4 is 0 Å². The lowest BCUT2D eigenvalue weighted by Gasteiger charge is -2.50. The van der Waals surface area contributed by atoms with Gasteiger partial charge in [0, 0.05) is 51.9 Å². The second-order valence-electron chi connectivity index (χ2n) is 10.8. The van der Waals surface area contributed by atoms with E-state index in [1.54, 1.807) is 7.11 Å². The molecule has 0 aromatic carbocycles. The molecule has 186 valence electrons. The van der Waals surface area contributed by atoms with E-state index in [4.69, 9.17) is 9.47 Å². The third-order valence-electron chi connectivity index (χ3n) is 7.28. The average molecular weight is 442 g/mol. The van der Waals surface area contributed by atoms with Gasteiger partial charge in [0.25, 0.3) is 0 Å². The number of likely N-dealkylation sites (tertiary alicyclic amines) is 1. The maximum absolute atomic E-state index is 5.74. The van der Waals surface area contributed by atoms with E-state index in [0.717, 1.165) is 32.2 Å². The number of rotatable bonds is 11. The molecule has 5 heteroatoms. The van der Waals surface area contributed by atoms with Crippen molar-refractivity contribution in [3.63, 3.8) is 0 Å². The van der Waals surface area contributed by atoms with Gasteiger partial charge in [-0.3, -0.25) is 9.80 Å². The minimum atomic E-state index is 0.263. The highest BCUT2D eigenvalue weighted by molar-refractivity contribution is 4.94. The summed E-state index contributed by atoms with van der Waals surface area (Å²) in [6, 6.07) is 0. The van der Waals surface area contributed by atoms with E-state index in [1.807, 2.05) is 13.8 Å². The summed E-state index contributed by atoms with van der Waals surface area (Å²) in [5.41, 5.74) is 0.649. The van der Waals surface area contributed by atoms with Crippen LogP contribution >= 0.6 is 0 Å². The number of hydrogen-bond acceptors (Lipinski definition) is 5. The lowest BCUT2D eigenvalue weighted by molar-refractivity contribution is -0.00656. The predicted molar refractivity (Wildman–Crippen MR) is 134 cm³/mol. The SMILES string of the molecule is CC.COCCN1CCN(C(C)(C)CC(C)(C)C2CCN(CCOC(C)C)CC2)CC1. The maximum atomic E-state index is 5.74. The molecule has 5 nitrogen and oxygen atoms in total.